The van der Waals surface area contributed by atoms with Gasteiger partial charge in [0.25, 0.3) is 0 Å². The van der Waals surface area contributed by atoms with Crippen molar-refractivity contribution in [3.8, 4) is 0 Å². The van der Waals surface area contributed by atoms with Crippen LogP contribution in [0.2, 0.25) is 0 Å². The minimum atomic E-state index is -0.374. The summed E-state index contributed by atoms with van der Waals surface area (Å²) < 4.78 is 0. The predicted molar refractivity (Wildman–Crippen MR) is 86.9 cm³/mol. The van der Waals surface area contributed by atoms with Gasteiger partial charge in [0.2, 0.25) is 5.91 Å². The van der Waals surface area contributed by atoms with Crippen molar-refractivity contribution in [3.05, 3.63) is 0 Å². The summed E-state index contributed by atoms with van der Waals surface area (Å²) in [6.45, 7) is 6.33. The molecule has 0 radical (unpaired) electrons. The highest BCUT2D eigenvalue weighted by atomic mass is 16.3. The van der Waals surface area contributed by atoms with Gasteiger partial charge in [-0.05, 0) is 32.1 Å². The van der Waals surface area contributed by atoms with Gasteiger partial charge in [-0.1, -0.05) is 6.92 Å². The Morgan fingerprint density at radius 2 is 1.57 bits per heavy atom. The highest BCUT2D eigenvalue weighted by Crippen LogP contribution is 2.26. The smallest absolute Gasteiger partial charge is 0.319 e. The van der Waals surface area contributed by atoms with Gasteiger partial charge in [-0.3, -0.25) is 4.79 Å². The number of rotatable bonds is 2. The van der Waals surface area contributed by atoms with Crippen LogP contribution < -0.4 is 0 Å². The second kappa shape index (κ2) is 7.07. The number of urea groups is 1. The van der Waals surface area contributed by atoms with Gasteiger partial charge in [0.05, 0.1) is 6.10 Å². The van der Waals surface area contributed by atoms with E-state index in [1.807, 2.05) is 14.7 Å². The average molecular weight is 323 g/mol. The van der Waals surface area contributed by atoms with Crippen molar-refractivity contribution < 1.29 is 14.7 Å². The zero-order valence-electron chi connectivity index (χ0n) is 14.1. The molecule has 0 aromatic rings. The summed E-state index contributed by atoms with van der Waals surface area (Å²) in [7, 11) is 0. The van der Waals surface area contributed by atoms with Crippen LogP contribution in [0, 0.1) is 11.8 Å². The average Bonchev–Trinajstić information content (AvgIpc) is 3.23. The number of carbonyl (C=O) groups is 2. The lowest BCUT2D eigenvalue weighted by molar-refractivity contribution is -0.136. The molecule has 3 saturated heterocycles. The Hall–Kier alpha value is -1.30. The number of aliphatic hydroxyl groups is 1. The van der Waals surface area contributed by atoms with E-state index in [0.717, 1.165) is 45.2 Å². The molecule has 0 aliphatic carbocycles. The van der Waals surface area contributed by atoms with Gasteiger partial charge < -0.3 is 19.8 Å². The topological polar surface area (TPSA) is 64.1 Å². The van der Waals surface area contributed by atoms with Crippen molar-refractivity contribution in [2.75, 3.05) is 39.3 Å². The Bertz CT molecular complexity index is 442. The van der Waals surface area contributed by atoms with Crippen molar-refractivity contribution in [2.45, 2.75) is 45.1 Å². The summed E-state index contributed by atoms with van der Waals surface area (Å²) in [6, 6.07) is 0.149. The number of amides is 3. The Labute approximate surface area is 138 Å². The minimum Gasteiger partial charge on any atom is -0.391 e. The van der Waals surface area contributed by atoms with E-state index in [1.165, 1.54) is 0 Å². The maximum atomic E-state index is 12.6. The molecule has 6 heteroatoms. The first kappa shape index (κ1) is 16.6. The van der Waals surface area contributed by atoms with Crippen LogP contribution in [0.15, 0.2) is 0 Å². The lowest BCUT2D eigenvalue weighted by Crippen LogP contribution is -2.48. The quantitative estimate of drug-likeness (QED) is 0.829. The van der Waals surface area contributed by atoms with E-state index in [2.05, 4.69) is 6.92 Å². The highest BCUT2D eigenvalue weighted by molar-refractivity contribution is 5.80. The normalized spacial score (nSPS) is 29.4. The first-order chi connectivity index (χ1) is 11.1. The molecule has 1 N–H and O–H groups in total. The molecule has 0 aromatic carbocycles. The molecular formula is C17H29N3O3. The van der Waals surface area contributed by atoms with Crippen LogP contribution in [-0.2, 0) is 4.79 Å². The zero-order valence-corrected chi connectivity index (χ0v) is 14.1. The maximum absolute atomic E-state index is 12.6. The predicted octanol–water partition coefficient (Wildman–Crippen LogP) is 1.14. The van der Waals surface area contributed by atoms with Crippen LogP contribution in [0.5, 0.6) is 0 Å². The summed E-state index contributed by atoms with van der Waals surface area (Å²) >= 11 is 0. The summed E-state index contributed by atoms with van der Waals surface area (Å²) in [5.41, 5.74) is 0. The number of hydrogen-bond donors (Lipinski definition) is 1. The second-order valence-electron chi connectivity index (χ2n) is 7.22. The lowest BCUT2D eigenvalue weighted by atomic mass is 9.95. The fourth-order valence-electron chi connectivity index (χ4n) is 4.12. The fraction of sp³-hybridized carbons (Fsp3) is 0.882. The summed E-state index contributed by atoms with van der Waals surface area (Å²) in [5.74, 6) is 0.407. The third kappa shape index (κ3) is 3.47. The van der Waals surface area contributed by atoms with Gasteiger partial charge in [0.15, 0.2) is 0 Å². The monoisotopic (exact) mass is 323 g/mol. The molecule has 3 amide bonds. The van der Waals surface area contributed by atoms with Crippen molar-refractivity contribution >= 4 is 11.9 Å². The number of carbonyl (C=O) groups excluding carboxylic acids is 2. The summed E-state index contributed by atoms with van der Waals surface area (Å²) in [4.78, 5) is 30.7. The summed E-state index contributed by atoms with van der Waals surface area (Å²) in [5, 5.41) is 9.99. The Kier molecular flexibility index (Phi) is 5.09. The van der Waals surface area contributed by atoms with Gasteiger partial charge in [0, 0.05) is 51.1 Å². The Morgan fingerprint density at radius 1 is 0.957 bits per heavy atom. The number of piperidine rings is 1. The van der Waals surface area contributed by atoms with Crippen LogP contribution in [-0.4, -0.2) is 77.1 Å². The highest BCUT2D eigenvalue weighted by Gasteiger charge is 2.37. The molecule has 3 heterocycles. The SMILES string of the molecule is CC[C@H]1CN(C(=O)C2CCN(C(=O)N3CCCC3)CC2)C[C@@H]1O. The zero-order chi connectivity index (χ0) is 16.4. The third-order valence-electron chi connectivity index (χ3n) is 5.73. The standard InChI is InChI=1S/C17H29N3O3/c1-2-13-11-20(12-15(13)21)16(22)14-5-9-19(10-6-14)17(23)18-7-3-4-8-18/h13-15,21H,2-12H2,1H3/t13-,15-/m0/s1. The molecule has 3 aliphatic rings. The van der Waals surface area contributed by atoms with Gasteiger partial charge in [-0.15, -0.1) is 0 Å². The van der Waals surface area contributed by atoms with Crippen LogP contribution >= 0.6 is 0 Å². The van der Waals surface area contributed by atoms with E-state index in [9.17, 15) is 14.7 Å². The molecule has 0 bridgehead atoms. The number of aliphatic hydroxyl groups excluding tert-OH is 1. The van der Waals surface area contributed by atoms with Crippen LogP contribution in [0.4, 0.5) is 4.79 Å². The molecular weight excluding hydrogens is 294 g/mol. The van der Waals surface area contributed by atoms with E-state index in [1.54, 1.807) is 0 Å². The summed E-state index contributed by atoms with van der Waals surface area (Å²) in [6.07, 6.45) is 4.26. The van der Waals surface area contributed by atoms with Crippen LogP contribution in [0.25, 0.3) is 0 Å². The van der Waals surface area contributed by atoms with Gasteiger partial charge in [-0.2, -0.15) is 0 Å². The molecule has 23 heavy (non-hydrogen) atoms. The number of likely N-dealkylation sites (tertiary alicyclic amines) is 3. The third-order valence-corrected chi connectivity index (χ3v) is 5.73. The molecule has 3 rings (SSSR count). The molecule has 6 nitrogen and oxygen atoms in total. The van der Waals surface area contributed by atoms with Gasteiger partial charge in [-0.25, -0.2) is 4.79 Å². The van der Waals surface area contributed by atoms with Crippen molar-refractivity contribution in [1.29, 1.82) is 0 Å². The fourth-order valence-corrected chi connectivity index (χ4v) is 4.12. The largest absolute Gasteiger partial charge is 0.391 e. The number of β-amino-alcohol motifs (C(OH)–C–C–N with tert-alkyl or cyclic N) is 1. The Balaban J connectivity index is 1.49. The van der Waals surface area contributed by atoms with Gasteiger partial charge >= 0.3 is 6.03 Å². The second-order valence-corrected chi connectivity index (χ2v) is 7.22. The first-order valence-corrected chi connectivity index (χ1v) is 9.10. The van der Waals surface area contributed by atoms with E-state index in [0.29, 0.717) is 26.2 Å². The lowest BCUT2D eigenvalue weighted by Gasteiger charge is -2.35. The van der Waals surface area contributed by atoms with E-state index < -0.39 is 0 Å². The maximum Gasteiger partial charge on any atom is 0.319 e. The van der Waals surface area contributed by atoms with Gasteiger partial charge in [0.1, 0.15) is 0 Å². The van der Waals surface area contributed by atoms with Crippen molar-refractivity contribution in [2.24, 2.45) is 11.8 Å². The number of hydrogen-bond acceptors (Lipinski definition) is 3. The van der Waals surface area contributed by atoms with Crippen molar-refractivity contribution in [1.82, 2.24) is 14.7 Å². The minimum absolute atomic E-state index is 0.0143. The molecule has 2 atom stereocenters. The first-order valence-electron chi connectivity index (χ1n) is 9.10. The van der Waals surface area contributed by atoms with Crippen molar-refractivity contribution in [3.63, 3.8) is 0 Å². The van der Waals surface area contributed by atoms with E-state index in [4.69, 9.17) is 0 Å². The molecule has 0 spiro atoms. The molecule has 130 valence electrons. The molecule has 0 saturated carbocycles. The van der Waals surface area contributed by atoms with Crippen LogP contribution in [0.3, 0.4) is 0 Å². The molecule has 3 aliphatic heterocycles. The number of nitrogens with zero attached hydrogens (tertiary/aromatic N) is 3. The Morgan fingerprint density at radius 3 is 2.13 bits per heavy atom. The molecule has 3 fully saturated rings. The van der Waals surface area contributed by atoms with E-state index in [-0.39, 0.29) is 29.9 Å². The molecule has 0 aromatic heterocycles. The van der Waals surface area contributed by atoms with E-state index >= 15 is 0 Å². The van der Waals surface area contributed by atoms with Crippen LogP contribution in [0.1, 0.15) is 39.0 Å². The molecule has 0 unspecified atom stereocenters.